The van der Waals surface area contributed by atoms with E-state index in [1.165, 1.54) is 0 Å². The monoisotopic (exact) mass is 255 g/mol. The fraction of sp³-hybridized carbons (Fsp3) is 0.929. The van der Waals surface area contributed by atoms with Crippen LogP contribution in [0, 0.1) is 5.41 Å². The lowest BCUT2D eigenvalue weighted by atomic mass is 9.61. The largest absolute Gasteiger partial charge is 0.444 e. The first kappa shape index (κ1) is 13.7. The Morgan fingerprint density at radius 2 is 1.78 bits per heavy atom. The van der Waals surface area contributed by atoms with E-state index in [2.05, 4.69) is 0 Å². The van der Waals surface area contributed by atoms with Gasteiger partial charge in [-0.3, -0.25) is 0 Å². The Balaban J connectivity index is 1.79. The Bertz CT molecular complexity index is 305. The second-order valence-electron chi connectivity index (χ2n) is 6.73. The zero-order valence-electron chi connectivity index (χ0n) is 12.0. The van der Waals surface area contributed by atoms with Gasteiger partial charge in [-0.1, -0.05) is 0 Å². The first-order valence-electron chi connectivity index (χ1n) is 6.84. The van der Waals surface area contributed by atoms with Crippen molar-refractivity contribution in [2.75, 3.05) is 20.2 Å². The minimum atomic E-state index is -0.399. The van der Waals surface area contributed by atoms with Crippen LogP contribution in [0.15, 0.2) is 0 Å². The molecule has 18 heavy (non-hydrogen) atoms. The quantitative estimate of drug-likeness (QED) is 0.723. The molecule has 0 aromatic carbocycles. The molecule has 4 nitrogen and oxygen atoms in total. The highest BCUT2D eigenvalue weighted by molar-refractivity contribution is 5.68. The summed E-state index contributed by atoms with van der Waals surface area (Å²) in [6.45, 7) is 7.37. The number of ether oxygens (including phenoxy) is 2. The van der Waals surface area contributed by atoms with Gasteiger partial charge in [0.15, 0.2) is 0 Å². The highest BCUT2D eigenvalue weighted by atomic mass is 16.6. The molecule has 4 heteroatoms. The highest BCUT2D eigenvalue weighted by Crippen LogP contribution is 2.50. The summed E-state index contributed by atoms with van der Waals surface area (Å²) in [5.74, 6) is 0. The van der Waals surface area contributed by atoms with Crippen molar-refractivity contribution in [2.45, 2.75) is 58.2 Å². The summed E-state index contributed by atoms with van der Waals surface area (Å²) in [7, 11) is 1.79. The molecule has 0 aromatic heterocycles. The number of hydrogen-bond acceptors (Lipinski definition) is 3. The van der Waals surface area contributed by atoms with E-state index in [1.807, 2.05) is 25.7 Å². The van der Waals surface area contributed by atoms with Gasteiger partial charge in [-0.15, -0.1) is 0 Å². The molecule has 104 valence electrons. The van der Waals surface area contributed by atoms with Gasteiger partial charge in [0.05, 0.1) is 6.10 Å². The Kier molecular flexibility index (Phi) is 3.58. The first-order chi connectivity index (χ1) is 8.34. The lowest BCUT2D eigenvalue weighted by Crippen LogP contribution is -2.51. The molecule has 1 aliphatic carbocycles. The molecule has 0 bridgehead atoms. The molecule has 2 rings (SSSR count). The summed E-state index contributed by atoms with van der Waals surface area (Å²) in [5, 5.41) is 0. The molecule has 0 radical (unpaired) electrons. The van der Waals surface area contributed by atoms with Crippen LogP contribution in [0.2, 0.25) is 0 Å². The van der Waals surface area contributed by atoms with Crippen molar-refractivity contribution in [2.24, 2.45) is 5.41 Å². The summed E-state index contributed by atoms with van der Waals surface area (Å²) in [4.78, 5) is 13.8. The molecule has 2 aliphatic rings. The summed E-state index contributed by atoms with van der Waals surface area (Å²) >= 11 is 0. The third-order valence-corrected chi connectivity index (χ3v) is 4.13. The maximum absolute atomic E-state index is 11.9. The van der Waals surface area contributed by atoms with Gasteiger partial charge in [-0.25, -0.2) is 4.79 Å². The van der Waals surface area contributed by atoms with Crippen LogP contribution < -0.4 is 0 Å². The lowest BCUT2D eigenvalue weighted by molar-refractivity contribution is -0.0879. The zero-order valence-corrected chi connectivity index (χ0v) is 12.0. The normalized spacial score (nSPS) is 23.9. The Labute approximate surface area is 110 Å². The van der Waals surface area contributed by atoms with Crippen LogP contribution in [0.3, 0.4) is 0 Å². The molecule has 1 spiro atoms. The van der Waals surface area contributed by atoms with E-state index in [1.54, 1.807) is 7.11 Å². The number of hydrogen-bond donors (Lipinski definition) is 0. The first-order valence-corrected chi connectivity index (χ1v) is 6.84. The molecule has 0 aromatic rings. The number of amides is 1. The Hall–Kier alpha value is -0.770. The molecule has 0 unspecified atom stereocenters. The standard InChI is InChI=1S/C14H25NO3/c1-13(2,3)18-12(16)15-7-5-14(6-8-15)9-11(10-14)17-4/h11H,5-10H2,1-4H3. The van der Waals surface area contributed by atoms with E-state index in [0.717, 1.165) is 38.8 Å². The lowest BCUT2D eigenvalue weighted by Gasteiger charge is -2.51. The SMILES string of the molecule is COC1CC2(CCN(C(=O)OC(C)(C)C)CC2)C1. The van der Waals surface area contributed by atoms with Crippen LogP contribution in [-0.2, 0) is 9.47 Å². The summed E-state index contributed by atoms with van der Waals surface area (Å²) < 4.78 is 10.8. The van der Waals surface area contributed by atoms with E-state index in [4.69, 9.17) is 9.47 Å². The van der Waals surface area contributed by atoms with Crippen LogP contribution in [0.4, 0.5) is 4.79 Å². The fourth-order valence-corrected chi connectivity index (χ4v) is 2.97. The molecule has 2 fully saturated rings. The van der Waals surface area contributed by atoms with E-state index in [9.17, 15) is 4.79 Å². The Morgan fingerprint density at radius 1 is 1.22 bits per heavy atom. The van der Waals surface area contributed by atoms with E-state index in [-0.39, 0.29) is 6.09 Å². The number of carbonyl (C=O) groups is 1. The van der Waals surface area contributed by atoms with Crippen LogP contribution in [0.5, 0.6) is 0 Å². The second kappa shape index (κ2) is 4.72. The molecule has 0 N–H and O–H groups in total. The number of likely N-dealkylation sites (tertiary alicyclic amines) is 1. The van der Waals surface area contributed by atoms with Gasteiger partial charge in [0.25, 0.3) is 0 Å². The predicted octanol–water partition coefficient (Wildman–Crippen LogP) is 2.81. The predicted molar refractivity (Wildman–Crippen MR) is 69.5 cm³/mol. The molecule has 0 atom stereocenters. The van der Waals surface area contributed by atoms with E-state index >= 15 is 0 Å². The molecular weight excluding hydrogens is 230 g/mol. The number of rotatable bonds is 1. The van der Waals surface area contributed by atoms with Crippen molar-refractivity contribution in [1.29, 1.82) is 0 Å². The van der Waals surface area contributed by atoms with Gasteiger partial charge in [-0.05, 0) is 51.9 Å². The minimum Gasteiger partial charge on any atom is -0.444 e. The van der Waals surface area contributed by atoms with E-state index in [0.29, 0.717) is 11.5 Å². The van der Waals surface area contributed by atoms with Gasteiger partial charge in [0.1, 0.15) is 5.60 Å². The number of piperidine rings is 1. The molecule has 1 saturated heterocycles. The smallest absolute Gasteiger partial charge is 0.410 e. The minimum absolute atomic E-state index is 0.167. The Morgan fingerprint density at radius 3 is 2.22 bits per heavy atom. The fourth-order valence-electron chi connectivity index (χ4n) is 2.97. The van der Waals surface area contributed by atoms with Crippen molar-refractivity contribution in [3.63, 3.8) is 0 Å². The molecular formula is C14H25NO3. The van der Waals surface area contributed by atoms with Crippen molar-refractivity contribution in [1.82, 2.24) is 4.90 Å². The maximum atomic E-state index is 11.9. The van der Waals surface area contributed by atoms with Crippen molar-refractivity contribution in [3.8, 4) is 0 Å². The average Bonchev–Trinajstić information content (AvgIpc) is 2.23. The summed E-state index contributed by atoms with van der Waals surface area (Å²) in [6, 6.07) is 0. The van der Waals surface area contributed by atoms with E-state index < -0.39 is 5.60 Å². The van der Waals surface area contributed by atoms with Crippen LogP contribution >= 0.6 is 0 Å². The molecule has 1 heterocycles. The molecule has 1 amide bonds. The van der Waals surface area contributed by atoms with Gasteiger partial charge < -0.3 is 14.4 Å². The van der Waals surface area contributed by atoms with Gasteiger partial charge >= 0.3 is 6.09 Å². The topological polar surface area (TPSA) is 38.8 Å². The average molecular weight is 255 g/mol. The summed E-state index contributed by atoms with van der Waals surface area (Å²) in [5.41, 5.74) is 0.0447. The maximum Gasteiger partial charge on any atom is 0.410 e. The third kappa shape index (κ3) is 2.97. The summed E-state index contributed by atoms with van der Waals surface area (Å²) in [6.07, 6.45) is 4.77. The van der Waals surface area contributed by atoms with Crippen molar-refractivity contribution in [3.05, 3.63) is 0 Å². The second-order valence-corrected chi connectivity index (χ2v) is 6.73. The third-order valence-electron chi connectivity index (χ3n) is 4.13. The van der Waals surface area contributed by atoms with Gasteiger partial charge in [0.2, 0.25) is 0 Å². The zero-order chi connectivity index (χ0) is 13.4. The van der Waals surface area contributed by atoms with Crippen LogP contribution in [0.25, 0.3) is 0 Å². The highest BCUT2D eigenvalue weighted by Gasteiger charge is 2.46. The van der Waals surface area contributed by atoms with Crippen LogP contribution in [0.1, 0.15) is 46.5 Å². The molecule has 1 saturated carbocycles. The number of methoxy groups -OCH3 is 1. The number of nitrogens with zero attached hydrogens (tertiary/aromatic N) is 1. The molecule has 1 aliphatic heterocycles. The van der Waals surface area contributed by atoms with Crippen molar-refractivity contribution < 1.29 is 14.3 Å². The van der Waals surface area contributed by atoms with Crippen molar-refractivity contribution >= 4 is 6.09 Å². The van der Waals surface area contributed by atoms with Gasteiger partial charge in [0, 0.05) is 20.2 Å². The van der Waals surface area contributed by atoms with Gasteiger partial charge in [-0.2, -0.15) is 0 Å². The number of carbonyl (C=O) groups excluding carboxylic acids is 1. The van der Waals surface area contributed by atoms with Crippen LogP contribution in [-0.4, -0.2) is 42.9 Å².